The van der Waals surface area contributed by atoms with Gasteiger partial charge in [0.2, 0.25) is 0 Å². The first-order valence-electron chi connectivity index (χ1n) is 4.55. The molecule has 0 saturated carbocycles. The summed E-state index contributed by atoms with van der Waals surface area (Å²) in [5.74, 6) is 0. The molecular weight excluding hydrogens is 219 g/mol. The van der Waals surface area contributed by atoms with Crippen molar-refractivity contribution in [2.45, 2.75) is 26.3 Å². The Balaban J connectivity index is 2.96. The highest BCUT2D eigenvalue weighted by atomic mass is 35.5. The summed E-state index contributed by atoms with van der Waals surface area (Å²) in [7, 11) is 0. The molecule has 0 amide bonds. The number of hydrogen-bond acceptors (Lipinski definition) is 2. The molecule has 1 aromatic rings. The lowest BCUT2D eigenvalue weighted by Gasteiger charge is -2.16. The third-order valence-electron chi connectivity index (χ3n) is 2.07. The van der Waals surface area contributed by atoms with Gasteiger partial charge in [0.1, 0.15) is 0 Å². The van der Waals surface area contributed by atoms with Crippen LogP contribution in [0.3, 0.4) is 0 Å². The molecule has 0 aromatic heterocycles. The molecule has 1 unspecified atom stereocenters. The van der Waals surface area contributed by atoms with Crippen LogP contribution in [0.15, 0.2) is 12.1 Å². The second kappa shape index (κ2) is 4.76. The van der Waals surface area contributed by atoms with E-state index in [9.17, 15) is 0 Å². The molecule has 3 N–H and O–H groups in total. The first kappa shape index (κ1) is 11.5. The molecule has 0 aliphatic carbocycles. The van der Waals surface area contributed by atoms with Crippen LogP contribution in [0, 0.1) is 0 Å². The molecule has 1 aromatic carbocycles. The molecule has 0 aliphatic rings. The monoisotopic (exact) mass is 232 g/mol. The predicted molar refractivity (Wildman–Crippen MR) is 64.3 cm³/mol. The van der Waals surface area contributed by atoms with E-state index in [2.05, 4.69) is 19.2 Å². The molecule has 1 rings (SSSR count). The summed E-state index contributed by atoms with van der Waals surface area (Å²) in [6.07, 6.45) is 1.01. The van der Waals surface area contributed by atoms with Crippen molar-refractivity contribution < 1.29 is 0 Å². The van der Waals surface area contributed by atoms with Gasteiger partial charge in [-0.05, 0) is 25.5 Å². The Kier molecular flexibility index (Phi) is 3.90. The maximum absolute atomic E-state index is 6.01. The molecule has 0 radical (unpaired) electrons. The van der Waals surface area contributed by atoms with Gasteiger partial charge in [0, 0.05) is 11.7 Å². The fourth-order valence-electron chi connectivity index (χ4n) is 1.08. The lowest BCUT2D eigenvalue weighted by molar-refractivity contribution is 0.764. The zero-order valence-corrected chi connectivity index (χ0v) is 9.78. The molecule has 0 bridgehead atoms. The van der Waals surface area contributed by atoms with Crippen molar-refractivity contribution in [3.63, 3.8) is 0 Å². The Morgan fingerprint density at radius 3 is 2.29 bits per heavy atom. The summed E-state index contributed by atoms with van der Waals surface area (Å²) in [6.45, 7) is 4.17. The van der Waals surface area contributed by atoms with Crippen LogP contribution in [0.5, 0.6) is 0 Å². The highest BCUT2D eigenvalue weighted by Crippen LogP contribution is 2.33. The third-order valence-corrected chi connectivity index (χ3v) is 2.66. The average Bonchev–Trinajstić information content (AvgIpc) is 2.10. The Labute approximate surface area is 94.4 Å². The summed E-state index contributed by atoms with van der Waals surface area (Å²) < 4.78 is 0. The summed E-state index contributed by atoms with van der Waals surface area (Å²) in [4.78, 5) is 0. The fraction of sp³-hybridized carbons (Fsp3) is 0.400. The molecule has 0 heterocycles. The molecule has 1 atom stereocenters. The number of rotatable bonds is 3. The van der Waals surface area contributed by atoms with Crippen molar-refractivity contribution in [3.05, 3.63) is 22.2 Å². The molecule has 4 heteroatoms. The summed E-state index contributed by atoms with van der Waals surface area (Å²) in [5, 5.41) is 4.37. The molecular formula is C10H14Cl2N2. The van der Waals surface area contributed by atoms with Gasteiger partial charge in [-0.25, -0.2) is 0 Å². The summed E-state index contributed by atoms with van der Waals surface area (Å²) in [5.41, 5.74) is 6.93. The fourth-order valence-corrected chi connectivity index (χ4v) is 1.69. The molecule has 78 valence electrons. The van der Waals surface area contributed by atoms with E-state index < -0.39 is 0 Å². The van der Waals surface area contributed by atoms with Crippen molar-refractivity contribution >= 4 is 34.6 Å². The summed E-state index contributed by atoms with van der Waals surface area (Å²) in [6, 6.07) is 3.73. The van der Waals surface area contributed by atoms with Gasteiger partial charge in [0.15, 0.2) is 0 Å². The second-order valence-corrected chi connectivity index (χ2v) is 4.13. The first-order chi connectivity index (χ1) is 6.54. The topological polar surface area (TPSA) is 38.0 Å². The van der Waals surface area contributed by atoms with Gasteiger partial charge in [-0.15, -0.1) is 0 Å². The van der Waals surface area contributed by atoms with Gasteiger partial charge in [-0.1, -0.05) is 30.1 Å². The lowest BCUT2D eigenvalue weighted by Crippen LogP contribution is -2.14. The van der Waals surface area contributed by atoms with Crippen LogP contribution in [0.4, 0.5) is 11.4 Å². The van der Waals surface area contributed by atoms with Gasteiger partial charge < -0.3 is 11.1 Å². The van der Waals surface area contributed by atoms with Crippen LogP contribution >= 0.6 is 23.2 Å². The maximum atomic E-state index is 6.01. The van der Waals surface area contributed by atoms with Crippen LogP contribution in [-0.2, 0) is 0 Å². The Bertz CT molecular complexity index is 303. The Hall–Kier alpha value is -0.600. The molecule has 14 heavy (non-hydrogen) atoms. The summed E-state index contributed by atoms with van der Waals surface area (Å²) >= 11 is 12.0. The van der Waals surface area contributed by atoms with E-state index in [1.54, 1.807) is 12.1 Å². The van der Waals surface area contributed by atoms with Gasteiger partial charge in [-0.3, -0.25) is 0 Å². The quantitative estimate of drug-likeness (QED) is 0.779. The minimum atomic E-state index is 0.341. The van der Waals surface area contributed by atoms with E-state index in [0.717, 1.165) is 12.1 Å². The number of nitrogens with two attached hydrogens (primary N) is 1. The molecule has 0 fully saturated rings. The predicted octanol–water partition coefficient (Wildman–Crippen LogP) is 3.79. The molecule has 0 spiro atoms. The smallest absolute Gasteiger partial charge is 0.0722 e. The van der Waals surface area contributed by atoms with Crippen molar-refractivity contribution in [3.8, 4) is 0 Å². The lowest BCUT2D eigenvalue weighted by atomic mass is 10.2. The van der Waals surface area contributed by atoms with Crippen molar-refractivity contribution in [1.82, 2.24) is 0 Å². The van der Waals surface area contributed by atoms with Gasteiger partial charge in [0.25, 0.3) is 0 Å². The first-order valence-corrected chi connectivity index (χ1v) is 5.31. The normalized spacial score (nSPS) is 12.6. The highest BCUT2D eigenvalue weighted by Gasteiger charge is 2.08. The average molecular weight is 233 g/mol. The number of anilines is 2. The molecule has 0 saturated heterocycles. The molecule has 0 aliphatic heterocycles. The largest absolute Gasteiger partial charge is 0.399 e. The van der Waals surface area contributed by atoms with E-state index in [-0.39, 0.29) is 0 Å². The molecule has 2 nitrogen and oxygen atoms in total. The van der Waals surface area contributed by atoms with Crippen LogP contribution in [-0.4, -0.2) is 6.04 Å². The van der Waals surface area contributed by atoms with Gasteiger partial charge in [-0.2, -0.15) is 0 Å². The highest BCUT2D eigenvalue weighted by molar-refractivity contribution is 6.39. The number of nitrogens with one attached hydrogen (secondary N) is 1. The van der Waals surface area contributed by atoms with E-state index in [0.29, 0.717) is 21.8 Å². The van der Waals surface area contributed by atoms with Crippen LogP contribution < -0.4 is 11.1 Å². The Morgan fingerprint density at radius 2 is 1.86 bits per heavy atom. The van der Waals surface area contributed by atoms with E-state index >= 15 is 0 Å². The van der Waals surface area contributed by atoms with Gasteiger partial charge in [0.05, 0.1) is 15.7 Å². The van der Waals surface area contributed by atoms with Crippen LogP contribution in [0.2, 0.25) is 10.0 Å². The standard InChI is InChI=1S/C10H14Cl2N2/c1-3-6(2)14-10-8(11)4-7(13)5-9(10)12/h4-6,14H,3,13H2,1-2H3. The van der Waals surface area contributed by atoms with E-state index in [1.807, 2.05) is 0 Å². The van der Waals surface area contributed by atoms with Crippen LogP contribution in [0.25, 0.3) is 0 Å². The number of hydrogen-bond donors (Lipinski definition) is 2. The van der Waals surface area contributed by atoms with Crippen molar-refractivity contribution in [2.75, 3.05) is 11.1 Å². The maximum Gasteiger partial charge on any atom is 0.0722 e. The zero-order valence-electron chi connectivity index (χ0n) is 8.27. The SMILES string of the molecule is CCC(C)Nc1c(Cl)cc(N)cc1Cl. The minimum absolute atomic E-state index is 0.341. The number of benzene rings is 1. The van der Waals surface area contributed by atoms with Gasteiger partial charge >= 0.3 is 0 Å². The zero-order chi connectivity index (χ0) is 10.7. The van der Waals surface area contributed by atoms with Crippen molar-refractivity contribution in [1.29, 1.82) is 0 Å². The Morgan fingerprint density at radius 1 is 1.36 bits per heavy atom. The third kappa shape index (κ3) is 2.69. The van der Waals surface area contributed by atoms with E-state index in [1.165, 1.54) is 0 Å². The van der Waals surface area contributed by atoms with E-state index in [4.69, 9.17) is 28.9 Å². The minimum Gasteiger partial charge on any atom is -0.399 e. The number of nitrogen functional groups attached to an aromatic ring is 1. The second-order valence-electron chi connectivity index (χ2n) is 3.31. The number of halogens is 2. The van der Waals surface area contributed by atoms with Crippen LogP contribution in [0.1, 0.15) is 20.3 Å². The van der Waals surface area contributed by atoms with Crippen molar-refractivity contribution in [2.24, 2.45) is 0 Å².